The molecule has 1 saturated heterocycles. The second-order valence-electron chi connectivity index (χ2n) is 9.03. The van der Waals surface area contributed by atoms with Gasteiger partial charge in [-0.05, 0) is 68.7 Å². The third-order valence-corrected chi connectivity index (χ3v) is 7.64. The van der Waals surface area contributed by atoms with E-state index in [0.717, 1.165) is 66.8 Å². The van der Waals surface area contributed by atoms with Crippen LogP contribution in [0.4, 0.5) is 5.00 Å². The van der Waals surface area contributed by atoms with Gasteiger partial charge < -0.3 is 15.4 Å². The molecule has 2 aromatic heterocycles. The molecule has 1 atom stereocenters. The Morgan fingerprint density at radius 3 is 2.83 bits per heavy atom. The molecule has 8 nitrogen and oxygen atoms in total. The normalized spacial score (nSPS) is 17.1. The molecule has 1 aromatic carbocycles. The maximum absolute atomic E-state index is 13.2. The van der Waals surface area contributed by atoms with Crippen LogP contribution >= 0.6 is 11.3 Å². The number of ether oxygens (including phenoxy) is 1. The van der Waals surface area contributed by atoms with Crippen molar-refractivity contribution in [2.45, 2.75) is 51.6 Å². The number of aryl methyl sites for hydroxylation is 2. The van der Waals surface area contributed by atoms with Crippen LogP contribution in [0.2, 0.25) is 0 Å². The van der Waals surface area contributed by atoms with Gasteiger partial charge in [0.1, 0.15) is 5.00 Å². The van der Waals surface area contributed by atoms with Crippen LogP contribution in [0, 0.1) is 6.92 Å². The van der Waals surface area contributed by atoms with Gasteiger partial charge in [0, 0.05) is 30.3 Å². The zero-order valence-corrected chi connectivity index (χ0v) is 20.5. The molecule has 9 heteroatoms. The van der Waals surface area contributed by atoms with Crippen molar-refractivity contribution < 1.29 is 14.3 Å². The van der Waals surface area contributed by atoms with Crippen LogP contribution in [0.1, 0.15) is 62.5 Å². The second kappa shape index (κ2) is 10.1. The molecular weight excluding hydrogens is 464 g/mol. The van der Waals surface area contributed by atoms with Crippen molar-refractivity contribution in [2.75, 3.05) is 18.5 Å². The van der Waals surface area contributed by atoms with Crippen LogP contribution in [0.25, 0.3) is 5.69 Å². The first kappa shape index (κ1) is 23.4. The molecule has 182 valence electrons. The van der Waals surface area contributed by atoms with E-state index in [-0.39, 0.29) is 17.7 Å². The summed E-state index contributed by atoms with van der Waals surface area (Å²) in [6.07, 6.45) is 7.24. The number of hydrogen-bond acceptors (Lipinski definition) is 6. The zero-order valence-electron chi connectivity index (χ0n) is 19.6. The summed E-state index contributed by atoms with van der Waals surface area (Å²) in [6.45, 7) is 3.13. The number of nitrogens with zero attached hydrogens (tertiary/aromatic N) is 2. The molecule has 35 heavy (non-hydrogen) atoms. The number of anilines is 1. The van der Waals surface area contributed by atoms with Gasteiger partial charge in [-0.15, -0.1) is 11.3 Å². The standard InChI is InChI=1S/C26H28N4O4S/c1-16-6-4-7-17(14-16)30-12-11-20(31)23(29-30)25(33)28-26-22(19-9-2-3-10-21(19)35-26)24(32)27-15-18-8-5-13-34-18/h4,6-7,11-12,14,18H,2-3,5,8-10,13,15H2,1H3,(H,27,32)(H,28,33)/t18-/m1/s1. The molecule has 2 amide bonds. The maximum Gasteiger partial charge on any atom is 0.280 e. The van der Waals surface area contributed by atoms with E-state index in [1.54, 1.807) is 6.20 Å². The SMILES string of the molecule is Cc1cccc(-n2ccc(=O)c(C(=O)Nc3sc4c(c3C(=O)NC[C@H]3CCCO3)CCCC4)n2)c1. The fourth-order valence-electron chi connectivity index (χ4n) is 4.64. The molecule has 0 radical (unpaired) electrons. The zero-order chi connectivity index (χ0) is 24.4. The number of fused-ring (bicyclic) bond motifs is 1. The second-order valence-corrected chi connectivity index (χ2v) is 10.1. The topological polar surface area (TPSA) is 102 Å². The number of amides is 2. The fourth-order valence-corrected chi connectivity index (χ4v) is 5.92. The lowest BCUT2D eigenvalue weighted by Gasteiger charge is -2.15. The molecule has 0 saturated carbocycles. The van der Waals surface area contributed by atoms with E-state index >= 15 is 0 Å². The van der Waals surface area contributed by atoms with Crippen molar-refractivity contribution in [1.29, 1.82) is 0 Å². The lowest BCUT2D eigenvalue weighted by molar-refractivity contribution is 0.0858. The smallest absolute Gasteiger partial charge is 0.280 e. The van der Waals surface area contributed by atoms with Crippen LogP contribution < -0.4 is 16.1 Å². The van der Waals surface area contributed by atoms with Crippen LogP contribution in [0.5, 0.6) is 0 Å². The molecule has 1 aliphatic carbocycles. The molecule has 0 unspecified atom stereocenters. The third kappa shape index (κ3) is 5.06. The first-order chi connectivity index (χ1) is 17.0. The van der Waals surface area contributed by atoms with E-state index in [1.165, 1.54) is 22.1 Å². The van der Waals surface area contributed by atoms with E-state index in [4.69, 9.17) is 4.74 Å². The number of aromatic nitrogens is 2. The highest BCUT2D eigenvalue weighted by Gasteiger charge is 2.28. The Kier molecular flexibility index (Phi) is 6.79. The van der Waals surface area contributed by atoms with Crippen LogP contribution in [0.3, 0.4) is 0 Å². The first-order valence-corrected chi connectivity index (χ1v) is 12.8. The summed E-state index contributed by atoms with van der Waals surface area (Å²) in [4.78, 5) is 40.1. The number of carbonyl (C=O) groups excluding carboxylic acids is 2. The Balaban J connectivity index is 1.42. The number of carbonyl (C=O) groups is 2. The van der Waals surface area contributed by atoms with Gasteiger partial charge in [-0.3, -0.25) is 14.4 Å². The Morgan fingerprint density at radius 2 is 2.03 bits per heavy atom. The number of benzene rings is 1. The van der Waals surface area contributed by atoms with Gasteiger partial charge in [0.2, 0.25) is 5.43 Å². The van der Waals surface area contributed by atoms with Crippen molar-refractivity contribution >= 4 is 28.2 Å². The summed E-state index contributed by atoms with van der Waals surface area (Å²) in [5, 5.41) is 10.6. The molecule has 0 spiro atoms. The van der Waals surface area contributed by atoms with E-state index in [0.29, 0.717) is 17.1 Å². The molecule has 0 bridgehead atoms. The van der Waals surface area contributed by atoms with E-state index in [9.17, 15) is 14.4 Å². The summed E-state index contributed by atoms with van der Waals surface area (Å²) in [5.41, 5.74) is 2.60. The summed E-state index contributed by atoms with van der Waals surface area (Å²) in [6, 6.07) is 8.96. The summed E-state index contributed by atoms with van der Waals surface area (Å²) in [5.74, 6) is -0.836. The largest absolute Gasteiger partial charge is 0.376 e. The molecule has 3 heterocycles. The number of nitrogens with one attached hydrogen (secondary N) is 2. The maximum atomic E-state index is 13.2. The monoisotopic (exact) mass is 492 g/mol. The highest BCUT2D eigenvalue weighted by Crippen LogP contribution is 2.38. The Morgan fingerprint density at radius 1 is 1.17 bits per heavy atom. The minimum atomic E-state index is -0.622. The first-order valence-electron chi connectivity index (χ1n) is 12.0. The van der Waals surface area contributed by atoms with Crippen LogP contribution in [-0.2, 0) is 17.6 Å². The van der Waals surface area contributed by atoms with Gasteiger partial charge in [0.05, 0.1) is 17.4 Å². The molecule has 2 N–H and O–H groups in total. The van der Waals surface area contributed by atoms with Crippen molar-refractivity contribution in [3.63, 3.8) is 0 Å². The predicted molar refractivity (Wildman–Crippen MR) is 135 cm³/mol. The average molecular weight is 493 g/mol. The quantitative estimate of drug-likeness (QED) is 0.547. The van der Waals surface area contributed by atoms with Crippen molar-refractivity contribution in [3.05, 3.63) is 74.0 Å². The van der Waals surface area contributed by atoms with Gasteiger partial charge in [0.15, 0.2) is 5.69 Å². The Bertz CT molecular complexity index is 1320. The Labute approximate surface area is 207 Å². The number of hydrogen-bond donors (Lipinski definition) is 2. The van der Waals surface area contributed by atoms with Crippen LogP contribution in [-0.4, -0.2) is 40.9 Å². The van der Waals surface area contributed by atoms with E-state index in [1.807, 2.05) is 31.2 Å². The van der Waals surface area contributed by atoms with Gasteiger partial charge in [-0.25, -0.2) is 4.68 Å². The highest BCUT2D eigenvalue weighted by molar-refractivity contribution is 7.17. The van der Waals surface area contributed by atoms with Gasteiger partial charge >= 0.3 is 0 Å². The van der Waals surface area contributed by atoms with E-state index < -0.39 is 11.3 Å². The lowest BCUT2D eigenvalue weighted by Crippen LogP contribution is -2.33. The Hall–Kier alpha value is -3.30. The van der Waals surface area contributed by atoms with Crippen molar-refractivity contribution in [3.8, 4) is 5.69 Å². The lowest BCUT2D eigenvalue weighted by atomic mass is 9.95. The van der Waals surface area contributed by atoms with Crippen LogP contribution in [0.15, 0.2) is 41.3 Å². The molecule has 3 aromatic rings. The minimum Gasteiger partial charge on any atom is -0.376 e. The van der Waals surface area contributed by atoms with Gasteiger partial charge in [-0.2, -0.15) is 5.10 Å². The van der Waals surface area contributed by atoms with Crippen molar-refractivity contribution in [1.82, 2.24) is 15.1 Å². The van der Waals surface area contributed by atoms with Gasteiger partial charge in [0.25, 0.3) is 11.8 Å². The highest BCUT2D eigenvalue weighted by atomic mass is 32.1. The average Bonchev–Trinajstić information content (AvgIpc) is 3.50. The fraction of sp³-hybridized carbons (Fsp3) is 0.385. The molecule has 2 aliphatic rings. The molecule has 1 fully saturated rings. The summed E-state index contributed by atoms with van der Waals surface area (Å²) < 4.78 is 7.14. The van der Waals surface area contributed by atoms with E-state index in [2.05, 4.69) is 15.7 Å². The minimum absolute atomic E-state index is 0.0278. The van der Waals surface area contributed by atoms with Crippen molar-refractivity contribution in [2.24, 2.45) is 0 Å². The molecule has 1 aliphatic heterocycles. The number of rotatable bonds is 6. The summed E-state index contributed by atoms with van der Waals surface area (Å²) >= 11 is 1.42. The third-order valence-electron chi connectivity index (χ3n) is 6.43. The predicted octanol–water partition coefficient (Wildman–Crippen LogP) is 3.64. The molecule has 5 rings (SSSR count). The number of thiophene rings is 1. The van der Waals surface area contributed by atoms with Gasteiger partial charge in [-0.1, -0.05) is 12.1 Å². The molecular formula is C26H28N4O4S. The summed E-state index contributed by atoms with van der Waals surface area (Å²) in [7, 11) is 0.